The van der Waals surface area contributed by atoms with Crippen LogP contribution < -0.4 is 9.64 Å². The molecule has 0 saturated heterocycles. The number of benzene rings is 1. The van der Waals surface area contributed by atoms with E-state index in [0.29, 0.717) is 5.57 Å². The number of amidine groups is 1. The van der Waals surface area contributed by atoms with E-state index in [0.717, 1.165) is 11.4 Å². The first-order valence-corrected chi connectivity index (χ1v) is 6.79. The lowest BCUT2D eigenvalue weighted by atomic mass is 9.86. The van der Waals surface area contributed by atoms with Gasteiger partial charge in [0.25, 0.3) is 0 Å². The second-order valence-corrected chi connectivity index (χ2v) is 5.33. The van der Waals surface area contributed by atoms with Crippen LogP contribution in [0.25, 0.3) is 0 Å². The molecule has 22 heavy (non-hydrogen) atoms. The van der Waals surface area contributed by atoms with Crippen molar-refractivity contribution < 1.29 is 9.84 Å². The van der Waals surface area contributed by atoms with Crippen LogP contribution in [0, 0.1) is 16.7 Å². The summed E-state index contributed by atoms with van der Waals surface area (Å²) in [5.41, 5.74) is 1.03. The molecule has 2 aliphatic rings. The number of hydrogen-bond acceptors (Lipinski definition) is 4. The van der Waals surface area contributed by atoms with E-state index in [1.54, 1.807) is 30.2 Å². The fraction of sp³-hybridized carbons (Fsp3) is 0.176. The normalized spacial score (nSPS) is 23.2. The zero-order valence-electron chi connectivity index (χ0n) is 12.3. The molecule has 0 spiro atoms. The van der Waals surface area contributed by atoms with Crippen molar-refractivity contribution in [2.75, 3.05) is 12.0 Å². The van der Waals surface area contributed by atoms with Crippen LogP contribution in [0.5, 0.6) is 5.75 Å². The van der Waals surface area contributed by atoms with Gasteiger partial charge in [0.15, 0.2) is 0 Å². The predicted molar refractivity (Wildman–Crippen MR) is 84.1 cm³/mol. The lowest BCUT2D eigenvalue weighted by Crippen LogP contribution is -2.45. The highest BCUT2D eigenvalue weighted by Gasteiger charge is 2.46. The summed E-state index contributed by atoms with van der Waals surface area (Å²) in [6, 6.07) is 9.41. The largest absolute Gasteiger partial charge is 0.508 e. The highest BCUT2D eigenvalue weighted by Crippen LogP contribution is 2.43. The van der Waals surface area contributed by atoms with Gasteiger partial charge in [-0.1, -0.05) is 6.08 Å². The molecule has 5 nitrogen and oxygen atoms in total. The monoisotopic (exact) mass is 293 g/mol. The fourth-order valence-electron chi connectivity index (χ4n) is 2.91. The van der Waals surface area contributed by atoms with Gasteiger partial charge in [-0.15, -0.1) is 0 Å². The number of ether oxygens (including phenoxy) is 1. The quantitative estimate of drug-likeness (QED) is 0.878. The Morgan fingerprint density at radius 2 is 2.00 bits per heavy atom. The lowest BCUT2D eigenvalue weighted by Gasteiger charge is -2.37. The van der Waals surface area contributed by atoms with Gasteiger partial charge in [-0.25, -0.2) is 0 Å². The zero-order valence-corrected chi connectivity index (χ0v) is 12.3. The summed E-state index contributed by atoms with van der Waals surface area (Å²) in [7, 11) is 1.60. The SMILES string of the molecule is COc1ccc(N2C(=N)C(C#N)=C3C=C(O)C=CC32C)cc1. The Kier molecular flexibility index (Phi) is 3.03. The number of hydrogen-bond donors (Lipinski definition) is 2. The van der Waals surface area contributed by atoms with Crippen molar-refractivity contribution in [1.82, 2.24) is 0 Å². The van der Waals surface area contributed by atoms with Crippen molar-refractivity contribution in [3.63, 3.8) is 0 Å². The Morgan fingerprint density at radius 1 is 1.32 bits per heavy atom. The second kappa shape index (κ2) is 4.78. The van der Waals surface area contributed by atoms with Crippen molar-refractivity contribution in [2.24, 2.45) is 0 Å². The Hall–Kier alpha value is -3.00. The molecule has 0 bridgehead atoms. The third kappa shape index (κ3) is 1.81. The Balaban J connectivity index is 2.13. The maximum absolute atomic E-state index is 9.72. The molecular formula is C17H15N3O2. The molecule has 1 aromatic carbocycles. The molecule has 0 saturated carbocycles. The third-order valence-corrected chi connectivity index (χ3v) is 4.05. The molecule has 5 heteroatoms. The van der Waals surface area contributed by atoms with Crippen LogP contribution in [-0.4, -0.2) is 23.6 Å². The van der Waals surface area contributed by atoms with Gasteiger partial charge in [-0.05, 0) is 43.3 Å². The van der Waals surface area contributed by atoms with E-state index in [1.165, 1.54) is 0 Å². The lowest BCUT2D eigenvalue weighted by molar-refractivity contribution is 0.415. The molecule has 0 fully saturated rings. The van der Waals surface area contributed by atoms with E-state index in [9.17, 15) is 10.4 Å². The van der Waals surface area contributed by atoms with Crippen LogP contribution in [-0.2, 0) is 0 Å². The first-order chi connectivity index (χ1) is 10.5. The number of nitriles is 1. The van der Waals surface area contributed by atoms with E-state index in [-0.39, 0.29) is 17.2 Å². The molecule has 3 rings (SSSR count). The van der Waals surface area contributed by atoms with Crippen molar-refractivity contribution in [2.45, 2.75) is 12.5 Å². The summed E-state index contributed by atoms with van der Waals surface area (Å²) in [4.78, 5) is 1.78. The third-order valence-electron chi connectivity index (χ3n) is 4.05. The number of rotatable bonds is 2. The number of aliphatic hydroxyl groups excluding tert-OH is 1. The first-order valence-electron chi connectivity index (χ1n) is 6.79. The van der Waals surface area contributed by atoms with Crippen LogP contribution in [0.15, 0.2) is 59.4 Å². The van der Waals surface area contributed by atoms with Gasteiger partial charge in [0.05, 0.1) is 12.6 Å². The standard InChI is InChI=1S/C17H15N3O2/c1-17-8-7-12(21)9-15(17)14(10-18)16(19)20(17)11-3-5-13(22-2)6-4-11/h3-9,19,21H,1-2H3. The predicted octanol–water partition coefficient (Wildman–Crippen LogP) is 3.08. The average Bonchev–Trinajstić information content (AvgIpc) is 2.74. The number of aliphatic hydroxyl groups is 1. The molecular weight excluding hydrogens is 278 g/mol. The maximum Gasteiger partial charge on any atom is 0.144 e. The molecule has 1 aliphatic heterocycles. The van der Waals surface area contributed by atoms with E-state index in [2.05, 4.69) is 6.07 Å². The summed E-state index contributed by atoms with van der Waals surface area (Å²) >= 11 is 0. The molecule has 0 aromatic heterocycles. The summed E-state index contributed by atoms with van der Waals surface area (Å²) in [5, 5.41) is 27.5. The van der Waals surface area contributed by atoms with Crippen molar-refractivity contribution in [3.05, 3.63) is 59.4 Å². The van der Waals surface area contributed by atoms with Crippen molar-refractivity contribution >= 4 is 11.5 Å². The molecule has 1 unspecified atom stereocenters. The summed E-state index contributed by atoms with van der Waals surface area (Å²) < 4.78 is 5.16. The Labute approximate surface area is 128 Å². The second-order valence-electron chi connectivity index (χ2n) is 5.33. The molecule has 1 aliphatic carbocycles. The number of nitrogens with zero attached hydrogens (tertiary/aromatic N) is 2. The highest BCUT2D eigenvalue weighted by atomic mass is 16.5. The van der Waals surface area contributed by atoms with E-state index in [1.807, 2.05) is 31.2 Å². The van der Waals surface area contributed by atoms with Gasteiger partial charge in [-0.3, -0.25) is 5.41 Å². The van der Waals surface area contributed by atoms with Crippen LogP contribution in [0.4, 0.5) is 5.69 Å². The molecule has 0 radical (unpaired) electrons. The van der Waals surface area contributed by atoms with E-state index >= 15 is 0 Å². The Bertz CT molecular complexity index is 781. The van der Waals surface area contributed by atoms with Crippen LogP contribution in [0.2, 0.25) is 0 Å². The van der Waals surface area contributed by atoms with Gasteiger partial charge >= 0.3 is 0 Å². The van der Waals surface area contributed by atoms with Gasteiger partial charge < -0.3 is 14.7 Å². The Morgan fingerprint density at radius 3 is 2.59 bits per heavy atom. The summed E-state index contributed by atoms with van der Waals surface area (Å²) in [6.45, 7) is 1.92. The van der Waals surface area contributed by atoms with Crippen LogP contribution >= 0.6 is 0 Å². The summed E-state index contributed by atoms with van der Waals surface area (Å²) in [5.74, 6) is 0.940. The topological polar surface area (TPSA) is 80.3 Å². The number of fused-ring (bicyclic) bond motifs is 1. The van der Waals surface area contributed by atoms with Crippen molar-refractivity contribution in [1.29, 1.82) is 10.7 Å². The van der Waals surface area contributed by atoms with E-state index < -0.39 is 5.54 Å². The zero-order chi connectivity index (χ0) is 15.9. The molecule has 1 atom stereocenters. The summed E-state index contributed by atoms with van der Waals surface area (Å²) in [6.07, 6.45) is 4.95. The maximum atomic E-state index is 9.72. The molecule has 0 amide bonds. The van der Waals surface area contributed by atoms with E-state index in [4.69, 9.17) is 10.1 Å². The number of methoxy groups -OCH3 is 1. The number of nitrogens with one attached hydrogen (secondary N) is 1. The number of anilines is 1. The average molecular weight is 293 g/mol. The fourth-order valence-corrected chi connectivity index (χ4v) is 2.91. The minimum atomic E-state index is -0.664. The van der Waals surface area contributed by atoms with Crippen molar-refractivity contribution in [3.8, 4) is 11.8 Å². The molecule has 110 valence electrons. The molecule has 2 N–H and O–H groups in total. The minimum Gasteiger partial charge on any atom is -0.508 e. The molecule has 1 heterocycles. The minimum absolute atomic E-state index is 0.0876. The number of allylic oxidation sites excluding steroid dienone is 1. The highest BCUT2D eigenvalue weighted by molar-refractivity contribution is 6.16. The smallest absolute Gasteiger partial charge is 0.144 e. The molecule has 1 aromatic rings. The van der Waals surface area contributed by atoms with Gasteiger partial charge in [-0.2, -0.15) is 5.26 Å². The van der Waals surface area contributed by atoms with Gasteiger partial charge in [0.1, 0.15) is 29.0 Å². The van der Waals surface area contributed by atoms with Crippen LogP contribution in [0.3, 0.4) is 0 Å². The van der Waals surface area contributed by atoms with Gasteiger partial charge in [0.2, 0.25) is 0 Å². The van der Waals surface area contributed by atoms with Crippen LogP contribution in [0.1, 0.15) is 6.92 Å². The first kappa shape index (κ1) is 14.0. The van der Waals surface area contributed by atoms with Gasteiger partial charge in [0, 0.05) is 11.3 Å².